The lowest BCUT2D eigenvalue weighted by Gasteiger charge is -2.10. The summed E-state index contributed by atoms with van der Waals surface area (Å²) in [6, 6.07) is 12.4. The molecule has 1 amide bonds. The van der Waals surface area contributed by atoms with Gasteiger partial charge in [-0.05, 0) is 56.2 Å². The average molecular weight is 354 g/mol. The van der Waals surface area contributed by atoms with Crippen LogP contribution in [0.15, 0.2) is 47.5 Å². The maximum Gasteiger partial charge on any atom is 0.234 e. The van der Waals surface area contributed by atoms with Crippen molar-refractivity contribution in [3.05, 3.63) is 65.0 Å². The van der Waals surface area contributed by atoms with E-state index in [9.17, 15) is 9.18 Å². The number of aromatic nitrogens is 1. The Labute approximate surface area is 150 Å². The Morgan fingerprint density at radius 1 is 1.12 bits per heavy atom. The summed E-state index contributed by atoms with van der Waals surface area (Å²) < 4.78 is 13.6. The number of hydrogen-bond acceptors (Lipinski definition) is 3. The van der Waals surface area contributed by atoms with Gasteiger partial charge in [0.05, 0.1) is 22.0 Å². The summed E-state index contributed by atoms with van der Waals surface area (Å²) in [6.07, 6.45) is 0. The number of anilines is 1. The van der Waals surface area contributed by atoms with Crippen molar-refractivity contribution in [3.8, 4) is 0 Å². The Kier molecular flexibility index (Phi) is 5.04. The molecule has 25 heavy (non-hydrogen) atoms. The van der Waals surface area contributed by atoms with Crippen LogP contribution in [0.2, 0.25) is 0 Å². The molecule has 0 aliphatic carbocycles. The van der Waals surface area contributed by atoms with Crippen molar-refractivity contribution in [2.75, 3.05) is 11.1 Å². The Balaban J connectivity index is 1.75. The quantitative estimate of drug-likeness (QED) is 0.668. The number of fused-ring (bicyclic) bond motifs is 1. The Morgan fingerprint density at radius 3 is 2.64 bits per heavy atom. The van der Waals surface area contributed by atoms with Gasteiger partial charge in [-0.1, -0.05) is 35.5 Å². The van der Waals surface area contributed by atoms with Gasteiger partial charge in [-0.15, -0.1) is 0 Å². The molecule has 0 radical (unpaired) electrons. The van der Waals surface area contributed by atoms with Gasteiger partial charge in [0.25, 0.3) is 0 Å². The van der Waals surface area contributed by atoms with E-state index < -0.39 is 5.82 Å². The fourth-order valence-electron chi connectivity index (χ4n) is 2.78. The molecule has 0 fully saturated rings. The molecule has 0 atom stereocenters. The molecule has 3 nitrogen and oxygen atoms in total. The molecule has 0 bridgehead atoms. The van der Waals surface area contributed by atoms with Gasteiger partial charge in [0.15, 0.2) is 0 Å². The lowest BCUT2D eigenvalue weighted by molar-refractivity contribution is -0.113. The average Bonchev–Trinajstić information content (AvgIpc) is 2.56. The summed E-state index contributed by atoms with van der Waals surface area (Å²) in [5, 5.41) is 4.52. The summed E-state index contributed by atoms with van der Waals surface area (Å²) >= 11 is 1.35. The first kappa shape index (κ1) is 17.4. The van der Waals surface area contributed by atoms with Crippen LogP contribution in [0.5, 0.6) is 0 Å². The second kappa shape index (κ2) is 7.23. The molecular formula is C20H19FN2OS. The molecule has 0 spiro atoms. The van der Waals surface area contributed by atoms with Crippen LogP contribution in [0.4, 0.5) is 10.1 Å². The number of amides is 1. The number of hydrogen-bond donors (Lipinski definition) is 1. The van der Waals surface area contributed by atoms with Crippen LogP contribution in [0.1, 0.15) is 16.7 Å². The number of pyridine rings is 1. The zero-order valence-corrected chi connectivity index (χ0v) is 15.2. The molecule has 1 N–H and O–H groups in total. The molecule has 3 aromatic rings. The van der Waals surface area contributed by atoms with Crippen molar-refractivity contribution in [3.63, 3.8) is 0 Å². The topological polar surface area (TPSA) is 42.0 Å². The minimum atomic E-state index is -0.438. The number of para-hydroxylation sites is 1. The lowest BCUT2D eigenvalue weighted by atomic mass is 10.0. The normalized spacial score (nSPS) is 10.9. The van der Waals surface area contributed by atoms with E-state index in [-0.39, 0.29) is 17.3 Å². The van der Waals surface area contributed by atoms with E-state index in [1.54, 1.807) is 18.2 Å². The van der Waals surface area contributed by atoms with E-state index in [2.05, 4.69) is 29.4 Å². The minimum absolute atomic E-state index is 0.178. The molecule has 0 unspecified atom stereocenters. The summed E-state index contributed by atoms with van der Waals surface area (Å²) in [6.45, 7) is 6.16. The summed E-state index contributed by atoms with van der Waals surface area (Å²) in [5.74, 6) is -0.515. The molecule has 2 aromatic carbocycles. The standard InChI is InChI=1S/C20H19FN2OS/c1-12-8-14(3)20-15(9-12)13(2)10-19(23-20)25-11-18(24)22-17-7-5-4-6-16(17)21/h4-10H,11H2,1-3H3,(H,22,24). The summed E-state index contributed by atoms with van der Waals surface area (Å²) in [7, 11) is 0. The third kappa shape index (κ3) is 3.99. The van der Waals surface area contributed by atoms with Gasteiger partial charge in [-0.2, -0.15) is 0 Å². The maximum atomic E-state index is 13.6. The Hall–Kier alpha value is -2.40. The number of rotatable bonds is 4. The van der Waals surface area contributed by atoms with E-state index in [1.165, 1.54) is 23.4 Å². The fraction of sp³-hybridized carbons (Fsp3) is 0.200. The monoisotopic (exact) mass is 354 g/mol. The number of carbonyl (C=O) groups excluding carboxylic acids is 1. The van der Waals surface area contributed by atoms with Crippen LogP contribution >= 0.6 is 11.8 Å². The van der Waals surface area contributed by atoms with E-state index in [4.69, 9.17) is 0 Å². The molecular weight excluding hydrogens is 335 g/mol. The Bertz CT molecular complexity index is 956. The molecule has 0 saturated heterocycles. The summed E-state index contributed by atoms with van der Waals surface area (Å²) in [5.41, 5.74) is 4.62. The zero-order chi connectivity index (χ0) is 18.0. The van der Waals surface area contributed by atoms with Gasteiger partial charge in [-0.25, -0.2) is 9.37 Å². The highest BCUT2D eigenvalue weighted by Crippen LogP contribution is 2.27. The first-order valence-corrected chi connectivity index (χ1v) is 8.98. The molecule has 128 valence electrons. The first-order chi connectivity index (χ1) is 11.9. The minimum Gasteiger partial charge on any atom is -0.323 e. The van der Waals surface area contributed by atoms with Crippen LogP contribution in [0, 0.1) is 26.6 Å². The maximum absolute atomic E-state index is 13.6. The predicted molar refractivity (Wildman–Crippen MR) is 102 cm³/mol. The number of nitrogens with zero attached hydrogens (tertiary/aromatic N) is 1. The molecule has 5 heteroatoms. The molecule has 0 saturated carbocycles. The number of halogens is 1. The third-order valence-corrected chi connectivity index (χ3v) is 4.84. The second-order valence-corrected chi connectivity index (χ2v) is 7.07. The molecule has 1 heterocycles. The SMILES string of the molecule is Cc1cc(C)c2nc(SCC(=O)Nc3ccccc3F)cc(C)c2c1. The largest absolute Gasteiger partial charge is 0.323 e. The van der Waals surface area contributed by atoms with Crippen LogP contribution in [0.25, 0.3) is 10.9 Å². The first-order valence-electron chi connectivity index (χ1n) is 8.00. The zero-order valence-electron chi connectivity index (χ0n) is 14.4. The van der Waals surface area contributed by atoms with Crippen molar-refractivity contribution in [2.24, 2.45) is 0 Å². The van der Waals surface area contributed by atoms with Crippen molar-refractivity contribution in [2.45, 2.75) is 25.8 Å². The second-order valence-electron chi connectivity index (χ2n) is 6.07. The van der Waals surface area contributed by atoms with Crippen molar-refractivity contribution in [1.29, 1.82) is 0 Å². The molecule has 1 aromatic heterocycles. The predicted octanol–water partition coefficient (Wildman–Crippen LogP) is 5.03. The van der Waals surface area contributed by atoms with E-state index in [0.29, 0.717) is 0 Å². The van der Waals surface area contributed by atoms with Gasteiger partial charge in [-0.3, -0.25) is 4.79 Å². The lowest BCUT2D eigenvalue weighted by Crippen LogP contribution is -2.15. The van der Waals surface area contributed by atoms with Crippen LogP contribution < -0.4 is 5.32 Å². The fourth-order valence-corrected chi connectivity index (χ4v) is 3.54. The smallest absolute Gasteiger partial charge is 0.234 e. The number of benzene rings is 2. The number of carbonyl (C=O) groups is 1. The van der Waals surface area contributed by atoms with E-state index >= 15 is 0 Å². The number of thioether (sulfide) groups is 1. The van der Waals surface area contributed by atoms with Crippen molar-refractivity contribution < 1.29 is 9.18 Å². The van der Waals surface area contributed by atoms with Crippen molar-refractivity contribution in [1.82, 2.24) is 4.98 Å². The van der Waals surface area contributed by atoms with Gasteiger partial charge in [0, 0.05) is 5.39 Å². The molecule has 3 rings (SSSR count). The highest BCUT2D eigenvalue weighted by atomic mass is 32.2. The highest BCUT2D eigenvalue weighted by Gasteiger charge is 2.10. The molecule has 0 aliphatic rings. The van der Waals surface area contributed by atoms with Gasteiger partial charge < -0.3 is 5.32 Å². The van der Waals surface area contributed by atoms with E-state index in [1.807, 2.05) is 19.9 Å². The van der Waals surface area contributed by atoms with Gasteiger partial charge in [0.1, 0.15) is 5.82 Å². The van der Waals surface area contributed by atoms with Crippen LogP contribution in [-0.4, -0.2) is 16.6 Å². The van der Waals surface area contributed by atoms with Crippen LogP contribution in [0.3, 0.4) is 0 Å². The summed E-state index contributed by atoms with van der Waals surface area (Å²) in [4.78, 5) is 16.8. The number of aryl methyl sites for hydroxylation is 3. The molecule has 0 aliphatic heterocycles. The van der Waals surface area contributed by atoms with Crippen LogP contribution in [-0.2, 0) is 4.79 Å². The van der Waals surface area contributed by atoms with Crippen molar-refractivity contribution >= 4 is 34.3 Å². The highest BCUT2D eigenvalue weighted by molar-refractivity contribution is 7.99. The number of nitrogens with one attached hydrogen (secondary N) is 1. The Morgan fingerprint density at radius 2 is 1.88 bits per heavy atom. The van der Waals surface area contributed by atoms with Gasteiger partial charge in [0.2, 0.25) is 5.91 Å². The third-order valence-electron chi connectivity index (χ3n) is 3.93. The van der Waals surface area contributed by atoms with E-state index in [0.717, 1.165) is 27.1 Å². The van der Waals surface area contributed by atoms with Gasteiger partial charge >= 0.3 is 0 Å².